The molecule has 0 unspecified atom stereocenters. The molecule has 3 nitrogen and oxygen atoms in total. The molecule has 0 bridgehead atoms. The first-order chi connectivity index (χ1) is 8.70. The van der Waals surface area contributed by atoms with Gasteiger partial charge in [0.2, 0.25) is 0 Å². The fourth-order valence-electron chi connectivity index (χ4n) is 1.60. The molecule has 0 aliphatic heterocycles. The second-order valence-electron chi connectivity index (χ2n) is 3.90. The van der Waals surface area contributed by atoms with Crippen LogP contribution in [0.3, 0.4) is 0 Å². The smallest absolute Gasteiger partial charge is 0.171 e. The average molecular weight is 258 g/mol. The Balaban J connectivity index is 2.39. The van der Waals surface area contributed by atoms with E-state index in [2.05, 4.69) is 5.16 Å². The molecule has 0 aliphatic carbocycles. The van der Waals surface area contributed by atoms with Crippen LogP contribution in [-0.2, 0) is 0 Å². The van der Waals surface area contributed by atoms with Gasteiger partial charge in [-0.1, -0.05) is 46.7 Å². The maximum absolute atomic E-state index is 8.82. The fourth-order valence-corrected chi connectivity index (χ4v) is 2.56. The number of nitrogens with zero attached hydrogens (tertiary/aromatic N) is 1. The third kappa shape index (κ3) is 2.84. The predicted molar refractivity (Wildman–Crippen MR) is 74.3 cm³/mol. The molecule has 0 radical (unpaired) electrons. The number of oxime groups is 1. The van der Waals surface area contributed by atoms with Crippen molar-refractivity contribution in [2.75, 3.05) is 0 Å². The van der Waals surface area contributed by atoms with E-state index in [1.54, 1.807) is 11.8 Å². The SMILES string of the molecule is Cc1ccc(Sc2ccccc2)c(/C(N)=N/O)c1. The van der Waals surface area contributed by atoms with Gasteiger partial charge in [-0.25, -0.2) is 0 Å². The molecule has 92 valence electrons. The van der Waals surface area contributed by atoms with E-state index in [1.807, 2.05) is 55.5 Å². The summed E-state index contributed by atoms with van der Waals surface area (Å²) in [6.45, 7) is 1.98. The Labute approximate surface area is 110 Å². The monoisotopic (exact) mass is 258 g/mol. The molecular formula is C14H14N2OS. The summed E-state index contributed by atoms with van der Waals surface area (Å²) in [6.07, 6.45) is 0. The fraction of sp³-hybridized carbons (Fsp3) is 0.0714. The normalized spacial score (nSPS) is 11.5. The molecule has 3 N–H and O–H groups in total. The number of amidine groups is 1. The van der Waals surface area contributed by atoms with Gasteiger partial charge in [-0.05, 0) is 31.2 Å². The van der Waals surface area contributed by atoms with E-state index >= 15 is 0 Å². The van der Waals surface area contributed by atoms with Crippen molar-refractivity contribution in [1.82, 2.24) is 0 Å². The lowest BCUT2D eigenvalue weighted by atomic mass is 10.1. The van der Waals surface area contributed by atoms with E-state index in [0.717, 1.165) is 20.9 Å². The highest BCUT2D eigenvalue weighted by atomic mass is 32.2. The van der Waals surface area contributed by atoms with Gasteiger partial charge in [0.15, 0.2) is 5.84 Å². The predicted octanol–water partition coefficient (Wildman–Crippen LogP) is 3.24. The Morgan fingerprint density at radius 2 is 1.89 bits per heavy atom. The molecule has 0 aromatic heterocycles. The lowest BCUT2D eigenvalue weighted by molar-refractivity contribution is 0.318. The van der Waals surface area contributed by atoms with E-state index in [1.165, 1.54) is 0 Å². The van der Waals surface area contributed by atoms with Gasteiger partial charge in [0.25, 0.3) is 0 Å². The summed E-state index contributed by atoms with van der Waals surface area (Å²) >= 11 is 1.59. The first kappa shape index (κ1) is 12.5. The third-order valence-electron chi connectivity index (χ3n) is 2.49. The maximum Gasteiger partial charge on any atom is 0.171 e. The molecule has 0 aliphatic rings. The van der Waals surface area contributed by atoms with Crippen LogP contribution in [0.1, 0.15) is 11.1 Å². The molecule has 0 atom stereocenters. The van der Waals surface area contributed by atoms with Gasteiger partial charge in [0.1, 0.15) is 0 Å². The van der Waals surface area contributed by atoms with Gasteiger partial charge < -0.3 is 10.9 Å². The summed E-state index contributed by atoms with van der Waals surface area (Å²) in [5, 5.41) is 11.9. The van der Waals surface area contributed by atoms with Gasteiger partial charge in [-0.2, -0.15) is 0 Å². The number of benzene rings is 2. The van der Waals surface area contributed by atoms with Crippen LogP contribution in [0.5, 0.6) is 0 Å². The Hall–Kier alpha value is -1.94. The molecule has 0 heterocycles. The average Bonchev–Trinajstić information content (AvgIpc) is 2.41. The van der Waals surface area contributed by atoms with Crippen molar-refractivity contribution in [3.63, 3.8) is 0 Å². The van der Waals surface area contributed by atoms with Gasteiger partial charge in [0.05, 0.1) is 0 Å². The van der Waals surface area contributed by atoms with E-state index in [0.29, 0.717) is 0 Å². The number of hydrogen-bond acceptors (Lipinski definition) is 3. The molecule has 4 heteroatoms. The zero-order valence-electron chi connectivity index (χ0n) is 10.00. The van der Waals surface area contributed by atoms with E-state index in [9.17, 15) is 0 Å². The van der Waals surface area contributed by atoms with E-state index < -0.39 is 0 Å². The minimum absolute atomic E-state index is 0.136. The number of rotatable bonds is 3. The third-order valence-corrected chi connectivity index (χ3v) is 3.57. The topological polar surface area (TPSA) is 58.6 Å². The van der Waals surface area contributed by atoms with E-state index in [4.69, 9.17) is 10.9 Å². The van der Waals surface area contributed by atoms with Crippen LogP contribution >= 0.6 is 11.8 Å². The summed E-state index contributed by atoms with van der Waals surface area (Å²) < 4.78 is 0. The van der Waals surface area contributed by atoms with Crippen molar-refractivity contribution in [1.29, 1.82) is 0 Å². The minimum Gasteiger partial charge on any atom is -0.409 e. The van der Waals surface area contributed by atoms with Gasteiger partial charge >= 0.3 is 0 Å². The van der Waals surface area contributed by atoms with Crippen LogP contribution in [0, 0.1) is 6.92 Å². The molecule has 2 aromatic rings. The number of nitrogens with two attached hydrogens (primary N) is 1. The van der Waals surface area contributed by atoms with Crippen LogP contribution in [0.2, 0.25) is 0 Å². The van der Waals surface area contributed by atoms with Crippen LogP contribution < -0.4 is 5.73 Å². The van der Waals surface area contributed by atoms with Crippen molar-refractivity contribution in [2.24, 2.45) is 10.9 Å². The zero-order chi connectivity index (χ0) is 13.0. The quantitative estimate of drug-likeness (QED) is 0.384. The molecular weight excluding hydrogens is 244 g/mol. The van der Waals surface area contributed by atoms with Gasteiger partial charge in [-0.3, -0.25) is 0 Å². The van der Waals surface area contributed by atoms with E-state index in [-0.39, 0.29) is 5.84 Å². The summed E-state index contributed by atoms with van der Waals surface area (Å²) in [4.78, 5) is 2.09. The molecule has 0 spiro atoms. The van der Waals surface area contributed by atoms with Crippen LogP contribution in [0.15, 0.2) is 63.5 Å². The summed E-state index contributed by atoms with van der Waals surface area (Å²) in [5.41, 5.74) is 7.54. The molecule has 0 saturated heterocycles. The second-order valence-corrected chi connectivity index (χ2v) is 5.02. The van der Waals surface area contributed by atoms with Crippen LogP contribution in [0.25, 0.3) is 0 Å². The first-order valence-electron chi connectivity index (χ1n) is 5.52. The zero-order valence-corrected chi connectivity index (χ0v) is 10.8. The van der Waals surface area contributed by atoms with Gasteiger partial charge in [0, 0.05) is 15.4 Å². The maximum atomic E-state index is 8.82. The highest BCUT2D eigenvalue weighted by Gasteiger charge is 2.08. The Morgan fingerprint density at radius 1 is 1.17 bits per heavy atom. The lowest BCUT2D eigenvalue weighted by Gasteiger charge is -2.09. The number of aryl methyl sites for hydroxylation is 1. The van der Waals surface area contributed by atoms with Crippen molar-refractivity contribution < 1.29 is 5.21 Å². The molecule has 18 heavy (non-hydrogen) atoms. The highest BCUT2D eigenvalue weighted by Crippen LogP contribution is 2.30. The molecule has 2 rings (SSSR count). The van der Waals surface area contributed by atoms with Crippen LogP contribution in [-0.4, -0.2) is 11.0 Å². The summed E-state index contributed by atoms with van der Waals surface area (Å²) in [6, 6.07) is 15.9. The first-order valence-corrected chi connectivity index (χ1v) is 6.34. The molecule has 2 aromatic carbocycles. The number of hydrogen-bond donors (Lipinski definition) is 2. The Morgan fingerprint density at radius 3 is 2.56 bits per heavy atom. The van der Waals surface area contributed by atoms with Crippen molar-refractivity contribution in [3.8, 4) is 0 Å². The lowest BCUT2D eigenvalue weighted by Crippen LogP contribution is -2.14. The second kappa shape index (κ2) is 5.60. The molecule has 0 amide bonds. The van der Waals surface area contributed by atoms with Crippen LogP contribution in [0.4, 0.5) is 0 Å². The summed E-state index contributed by atoms with van der Waals surface area (Å²) in [5.74, 6) is 0.136. The van der Waals surface area contributed by atoms with Crippen molar-refractivity contribution in [2.45, 2.75) is 16.7 Å². The molecule has 0 saturated carbocycles. The Bertz CT molecular complexity index is 567. The standard InChI is InChI=1S/C14H14N2OS/c1-10-7-8-13(12(9-10)14(15)16-17)18-11-5-3-2-4-6-11/h2-9,17H,1H3,(H2,15,16). The van der Waals surface area contributed by atoms with Gasteiger partial charge in [-0.15, -0.1) is 0 Å². The largest absolute Gasteiger partial charge is 0.409 e. The minimum atomic E-state index is 0.136. The summed E-state index contributed by atoms with van der Waals surface area (Å²) in [7, 11) is 0. The molecule has 0 fully saturated rings. The van der Waals surface area contributed by atoms with Crippen molar-refractivity contribution in [3.05, 3.63) is 59.7 Å². The van der Waals surface area contributed by atoms with Crippen molar-refractivity contribution >= 4 is 17.6 Å². The highest BCUT2D eigenvalue weighted by molar-refractivity contribution is 7.99. The Kier molecular flexibility index (Phi) is 3.89.